The van der Waals surface area contributed by atoms with Crippen molar-refractivity contribution < 1.29 is 22.7 Å². The van der Waals surface area contributed by atoms with Crippen LogP contribution < -0.4 is 19.5 Å². The molecule has 0 spiro atoms. The molecule has 0 radical (unpaired) electrons. The number of anilines is 2. The first-order valence-electron chi connectivity index (χ1n) is 9.02. The second-order valence-electron chi connectivity index (χ2n) is 6.30. The van der Waals surface area contributed by atoms with Gasteiger partial charge in [-0.2, -0.15) is 0 Å². The smallest absolute Gasteiger partial charge is 0.265 e. The normalized spacial score (nSPS) is 11.9. The molecule has 0 aliphatic carbocycles. The van der Waals surface area contributed by atoms with E-state index in [9.17, 15) is 13.2 Å². The van der Waals surface area contributed by atoms with E-state index >= 15 is 0 Å². The molecule has 1 aromatic heterocycles. The van der Waals surface area contributed by atoms with E-state index in [1.165, 1.54) is 30.5 Å². The first-order chi connectivity index (χ1) is 14.4. The van der Waals surface area contributed by atoms with Crippen molar-refractivity contribution in [2.45, 2.75) is 17.9 Å². The molecule has 156 valence electrons. The Morgan fingerprint density at radius 2 is 1.73 bits per heavy atom. The molecule has 2 aromatic carbocycles. The number of hydrogen-bond donors (Lipinski definition) is 2. The van der Waals surface area contributed by atoms with Crippen LogP contribution in [0.3, 0.4) is 0 Å². The standard InChI is InChI=1S/C21H21N3O5S/c1-15(29-19-7-3-6-18(13-19)28-2)21(25)23-16-8-10-20(11-9-16)30(26,27)24-17-5-4-12-22-14-17/h3-15,24H,1-2H3,(H,23,25)/t15-/m1/s1. The van der Waals surface area contributed by atoms with Crippen molar-refractivity contribution in [3.05, 3.63) is 73.1 Å². The van der Waals surface area contributed by atoms with E-state index in [4.69, 9.17) is 9.47 Å². The van der Waals surface area contributed by atoms with E-state index in [0.29, 0.717) is 22.9 Å². The van der Waals surface area contributed by atoms with Crippen molar-refractivity contribution >= 4 is 27.3 Å². The fraction of sp³-hybridized carbons (Fsp3) is 0.143. The summed E-state index contributed by atoms with van der Waals surface area (Å²) in [6.45, 7) is 1.62. The van der Waals surface area contributed by atoms with Crippen molar-refractivity contribution in [2.24, 2.45) is 0 Å². The summed E-state index contributed by atoms with van der Waals surface area (Å²) in [6, 6.07) is 16.0. The molecule has 0 saturated carbocycles. The van der Waals surface area contributed by atoms with Crippen LogP contribution in [0.5, 0.6) is 11.5 Å². The van der Waals surface area contributed by atoms with Gasteiger partial charge >= 0.3 is 0 Å². The first kappa shape index (κ1) is 21.1. The molecular weight excluding hydrogens is 406 g/mol. The Balaban J connectivity index is 1.62. The Labute approximate surface area is 174 Å². The summed E-state index contributed by atoms with van der Waals surface area (Å²) in [6.07, 6.45) is 2.19. The fourth-order valence-electron chi connectivity index (χ4n) is 2.53. The van der Waals surface area contributed by atoms with Gasteiger partial charge in [0, 0.05) is 18.0 Å². The molecule has 30 heavy (non-hydrogen) atoms. The predicted molar refractivity (Wildman–Crippen MR) is 113 cm³/mol. The number of nitrogens with one attached hydrogen (secondary N) is 2. The largest absolute Gasteiger partial charge is 0.497 e. The highest BCUT2D eigenvalue weighted by molar-refractivity contribution is 7.92. The highest BCUT2D eigenvalue weighted by Gasteiger charge is 2.17. The highest BCUT2D eigenvalue weighted by atomic mass is 32.2. The summed E-state index contributed by atoms with van der Waals surface area (Å²) in [5.74, 6) is 0.749. The molecule has 1 atom stereocenters. The molecule has 1 amide bonds. The van der Waals surface area contributed by atoms with Crippen LogP contribution in [0.2, 0.25) is 0 Å². The second kappa shape index (κ2) is 9.27. The van der Waals surface area contributed by atoms with Gasteiger partial charge in [-0.1, -0.05) is 6.07 Å². The molecule has 0 unspecified atom stereocenters. The molecule has 2 N–H and O–H groups in total. The highest BCUT2D eigenvalue weighted by Crippen LogP contribution is 2.21. The van der Waals surface area contributed by atoms with Gasteiger partial charge in [-0.25, -0.2) is 8.42 Å². The third kappa shape index (κ3) is 5.48. The third-order valence-electron chi connectivity index (χ3n) is 4.07. The van der Waals surface area contributed by atoms with Crippen molar-refractivity contribution in [1.29, 1.82) is 0 Å². The molecule has 0 aliphatic heterocycles. The average molecular weight is 427 g/mol. The van der Waals surface area contributed by atoms with E-state index in [0.717, 1.165) is 0 Å². The van der Waals surface area contributed by atoms with Crippen LogP contribution in [0.4, 0.5) is 11.4 Å². The Hall–Kier alpha value is -3.59. The maximum absolute atomic E-state index is 12.4. The van der Waals surface area contributed by atoms with Gasteiger partial charge in [0.2, 0.25) is 0 Å². The zero-order valence-corrected chi connectivity index (χ0v) is 17.2. The van der Waals surface area contributed by atoms with Crippen LogP contribution >= 0.6 is 0 Å². The Morgan fingerprint density at radius 3 is 2.40 bits per heavy atom. The lowest BCUT2D eigenvalue weighted by Crippen LogP contribution is -2.30. The lowest BCUT2D eigenvalue weighted by molar-refractivity contribution is -0.122. The van der Waals surface area contributed by atoms with Crippen LogP contribution in [-0.4, -0.2) is 32.5 Å². The monoisotopic (exact) mass is 427 g/mol. The van der Waals surface area contributed by atoms with Crippen LogP contribution in [0.25, 0.3) is 0 Å². The van der Waals surface area contributed by atoms with E-state index in [1.54, 1.807) is 56.6 Å². The molecule has 1 heterocycles. The quantitative estimate of drug-likeness (QED) is 0.571. The van der Waals surface area contributed by atoms with Crippen molar-refractivity contribution in [3.8, 4) is 11.5 Å². The number of amides is 1. The molecule has 3 rings (SSSR count). The van der Waals surface area contributed by atoms with Crippen LogP contribution in [0.1, 0.15) is 6.92 Å². The molecule has 0 aliphatic rings. The zero-order chi connectivity index (χ0) is 21.6. The maximum Gasteiger partial charge on any atom is 0.265 e. The number of carbonyl (C=O) groups excluding carboxylic acids is 1. The topological polar surface area (TPSA) is 107 Å². The summed E-state index contributed by atoms with van der Waals surface area (Å²) >= 11 is 0. The first-order valence-corrected chi connectivity index (χ1v) is 10.5. The third-order valence-corrected chi connectivity index (χ3v) is 5.47. The van der Waals surface area contributed by atoms with E-state index in [1.807, 2.05) is 0 Å². The molecule has 8 nitrogen and oxygen atoms in total. The minimum atomic E-state index is -3.76. The van der Waals surface area contributed by atoms with E-state index < -0.39 is 16.1 Å². The minimum Gasteiger partial charge on any atom is -0.497 e. The fourth-order valence-corrected chi connectivity index (χ4v) is 3.57. The lowest BCUT2D eigenvalue weighted by Gasteiger charge is -2.15. The SMILES string of the molecule is COc1cccc(O[C@H](C)C(=O)Nc2ccc(S(=O)(=O)Nc3cccnc3)cc2)c1. The van der Waals surface area contributed by atoms with E-state index in [2.05, 4.69) is 15.0 Å². The van der Waals surface area contributed by atoms with Gasteiger partial charge in [0.15, 0.2) is 6.10 Å². The summed E-state index contributed by atoms with van der Waals surface area (Å²) < 4.78 is 38.1. The second-order valence-corrected chi connectivity index (χ2v) is 7.98. The average Bonchev–Trinajstić information content (AvgIpc) is 2.74. The molecule has 0 saturated heterocycles. The number of pyridine rings is 1. The van der Waals surface area contributed by atoms with Crippen LogP contribution in [-0.2, 0) is 14.8 Å². The van der Waals surface area contributed by atoms with Gasteiger partial charge in [0.1, 0.15) is 11.5 Å². The number of sulfonamides is 1. The molecule has 0 bridgehead atoms. The van der Waals surface area contributed by atoms with Gasteiger partial charge < -0.3 is 14.8 Å². The van der Waals surface area contributed by atoms with Gasteiger partial charge in [-0.3, -0.25) is 14.5 Å². The lowest BCUT2D eigenvalue weighted by atomic mass is 10.3. The summed E-state index contributed by atoms with van der Waals surface area (Å²) in [7, 11) is -2.21. The summed E-state index contributed by atoms with van der Waals surface area (Å²) in [5, 5.41) is 2.70. The predicted octanol–water partition coefficient (Wildman–Crippen LogP) is 3.30. The number of ether oxygens (including phenoxy) is 2. The van der Waals surface area contributed by atoms with Crippen molar-refractivity contribution in [2.75, 3.05) is 17.1 Å². The van der Waals surface area contributed by atoms with Gasteiger partial charge in [0.05, 0.1) is 23.9 Å². The molecular formula is C21H21N3O5S. The zero-order valence-electron chi connectivity index (χ0n) is 16.4. The maximum atomic E-state index is 12.4. The molecule has 0 fully saturated rings. The number of benzene rings is 2. The number of rotatable bonds is 8. The number of aromatic nitrogens is 1. The van der Waals surface area contributed by atoms with Crippen LogP contribution in [0, 0.1) is 0 Å². The number of nitrogens with zero attached hydrogens (tertiary/aromatic N) is 1. The van der Waals surface area contributed by atoms with Crippen LogP contribution in [0.15, 0.2) is 78.0 Å². The Bertz CT molecular complexity index is 1100. The molecule has 3 aromatic rings. The molecule has 9 heteroatoms. The Morgan fingerprint density at radius 1 is 1.00 bits per heavy atom. The van der Waals surface area contributed by atoms with Gasteiger partial charge in [0.25, 0.3) is 15.9 Å². The number of methoxy groups -OCH3 is 1. The van der Waals surface area contributed by atoms with Gasteiger partial charge in [-0.15, -0.1) is 0 Å². The Kier molecular flexibility index (Phi) is 6.53. The summed E-state index contributed by atoms with van der Waals surface area (Å²) in [4.78, 5) is 16.3. The summed E-state index contributed by atoms with van der Waals surface area (Å²) in [5.41, 5.74) is 0.805. The van der Waals surface area contributed by atoms with Crippen molar-refractivity contribution in [3.63, 3.8) is 0 Å². The number of hydrogen-bond acceptors (Lipinski definition) is 6. The van der Waals surface area contributed by atoms with E-state index in [-0.39, 0.29) is 10.8 Å². The van der Waals surface area contributed by atoms with Gasteiger partial charge in [-0.05, 0) is 55.5 Å². The number of carbonyl (C=O) groups is 1. The minimum absolute atomic E-state index is 0.0602. The van der Waals surface area contributed by atoms with Crippen molar-refractivity contribution in [1.82, 2.24) is 4.98 Å².